The minimum absolute atomic E-state index is 0.0323. The first-order chi connectivity index (χ1) is 9.91. The van der Waals surface area contributed by atoms with Crippen molar-refractivity contribution in [3.8, 4) is 0 Å². The fourth-order valence-corrected chi connectivity index (χ4v) is 2.44. The highest BCUT2D eigenvalue weighted by molar-refractivity contribution is 6.07. The van der Waals surface area contributed by atoms with E-state index in [0.29, 0.717) is 12.5 Å². The molecular weight excluding hydrogens is 272 g/mol. The van der Waals surface area contributed by atoms with E-state index in [2.05, 4.69) is 10.6 Å². The van der Waals surface area contributed by atoms with Gasteiger partial charge in [0.25, 0.3) is 5.91 Å². The molecule has 0 radical (unpaired) electrons. The number of hydrogen-bond acceptors (Lipinski definition) is 3. The van der Waals surface area contributed by atoms with Gasteiger partial charge in [-0.15, -0.1) is 0 Å². The van der Waals surface area contributed by atoms with Crippen LogP contribution in [0, 0.1) is 5.92 Å². The van der Waals surface area contributed by atoms with E-state index < -0.39 is 17.9 Å². The van der Waals surface area contributed by atoms with Crippen LogP contribution in [-0.4, -0.2) is 29.6 Å². The van der Waals surface area contributed by atoms with Crippen molar-refractivity contribution >= 4 is 17.9 Å². The highest BCUT2D eigenvalue weighted by atomic mass is 16.4. The van der Waals surface area contributed by atoms with Crippen molar-refractivity contribution in [2.75, 3.05) is 6.54 Å². The third-order valence-electron chi connectivity index (χ3n) is 4.01. The highest BCUT2D eigenvalue weighted by Gasteiger charge is 2.16. The molecule has 1 rings (SSSR count). The minimum Gasteiger partial charge on any atom is -0.478 e. The average molecular weight is 296 g/mol. The molecule has 0 aliphatic heterocycles. The number of rotatable bonds is 5. The molecule has 6 heteroatoms. The summed E-state index contributed by atoms with van der Waals surface area (Å²) in [4.78, 5) is 34.0. The molecule has 0 saturated heterocycles. The second-order valence-corrected chi connectivity index (χ2v) is 5.56. The van der Waals surface area contributed by atoms with Crippen molar-refractivity contribution in [1.82, 2.24) is 10.6 Å². The molecule has 0 unspecified atom stereocenters. The van der Waals surface area contributed by atoms with Crippen LogP contribution in [0.1, 0.15) is 52.4 Å². The molecule has 21 heavy (non-hydrogen) atoms. The smallest absolute Gasteiger partial charge is 0.331 e. The van der Waals surface area contributed by atoms with E-state index in [0.717, 1.165) is 6.42 Å². The maximum absolute atomic E-state index is 11.7. The second kappa shape index (κ2) is 8.44. The predicted octanol–water partition coefficient (Wildman–Crippen LogP) is 2.20. The summed E-state index contributed by atoms with van der Waals surface area (Å²) in [6, 6.07) is -0.576. The van der Waals surface area contributed by atoms with Crippen LogP contribution in [0.25, 0.3) is 0 Å². The maximum Gasteiger partial charge on any atom is 0.331 e. The van der Waals surface area contributed by atoms with Crippen molar-refractivity contribution in [1.29, 1.82) is 0 Å². The van der Waals surface area contributed by atoms with Gasteiger partial charge in [-0.2, -0.15) is 0 Å². The summed E-state index contributed by atoms with van der Waals surface area (Å²) in [6.45, 7) is 3.25. The van der Waals surface area contributed by atoms with Crippen LogP contribution in [0.4, 0.5) is 4.79 Å². The van der Waals surface area contributed by atoms with Crippen LogP contribution in [0.5, 0.6) is 0 Å². The Kier molecular flexibility index (Phi) is 6.91. The SMILES string of the molecule is CC(C(=O)O)=C(C)C(=O)NC(=O)NCCC1CCCCC1. The van der Waals surface area contributed by atoms with Crippen molar-refractivity contribution in [2.45, 2.75) is 52.4 Å². The lowest BCUT2D eigenvalue weighted by atomic mass is 9.87. The lowest BCUT2D eigenvalue weighted by molar-refractivity contribution is -0.133. The monoisotopic (exact) mass is 296 g/mol. The standard InChI is InChI=1S/C15H24N2O4/c1-10(11(2)14(19)20)13(18)17-15(21)16-9-8-12-6-4-3-5-7-12/h12H,3-9H2,1-2H3,(H,19,20)(H2,16,17,18,21). The molecule has 1 aliphatic rings. The van der Waals surface area contributed by atoms with Crippen molar-refractivity contribution in [2.24, 2.45) is 5.92 Å². The zero-order valence-electron chi connectivity index (χ0n) is 12.7. The van der Waals surface area contributed by atoms with Gasteiger partial charge in [0.05, 0.1) is 0 Å². The van der Waals surface area contributed by atoms with Gasteiger partial charge in [-0.05, 0) is 26.2 Å². The number of aliphatic carboxylic acids is 1. The quantitative estimate of drug-likeness (QED) is 0.678. The van der Waals surface area contributed by atoms with E-state index in [-0.39, 0.29) is 11.1 Å². The summed E-state index contributed by atoms with van der Waals surface area (Å²) >= 11 is 0. The van der Waals surface area contributed by atoms with E-state index in [4.69, 9.17) is 5.11 Å². The Labute approximate surface area is 125 Å². The third kappa shape index (κ3) is 5.97. The normalized spacial score (nSPS) is 16.9. The molecule has 0 spiro atoms. The maximum atomic E-state index is 11.7. The van der Waals surface area contributed by atoms with Crippen LogP contribution < -0.4 is 10.6 Å². The summed E-state index contributed by atoms with van der Waals surface area (Å²) in [6.07, 6.45) is 7.16. The van der Waals surface area contributed by atoms with Gasteiger partial charge in [-0.3, -0.25) is 10.1 Å². The number of carboxylic acid groups (broad SMARTS) is 1. The number of amides is 3. The zero-order valence-corrected chi connectivity index (χ0v) is 12.7. The van der Waals surface area contributed by atoms with Gasteiger partial charge in [-0.25, -0.2) is 9.59 Å². The van der Waals surface area contributed by atoms with Crippen LogP contribution in [-0.2, 0) is 9.59 Å². The molecule has 1 fully saturated rings. The third-order valence-corrected chi connectivity index (χ3v) is 4.01. The fraction of sp³-hybridized carbons (Fsp3) is 0.667. The number of carbonyl (C=O) groups excluding carboxylic acids is 2. The molecular formula is C15H24N2O4. The average Bonchev–Trinajstić information content (AvgIpc) is 2.46. The van der Waals surface area contributed by atoms with Gasteiger partial charge in [0.2, 0.25) is 0 Å². The topological polar surface area (TPSA) is 95.5 Å². The minimum atomic E-state index is -1.17. The molecule has 3 N–H and O–H groups in total. The zero-order chi connectivity index (χ0) is 15.8. The first kappa shape index (κ1) is 17.2. The van der Waals surface area contributed by atoms with E-state index in [1.807, 2.05) is 0 Å². The van der Waals surface area contributed by atoms with Gasteiger partial charge in [-0.1, -0.05) is 32.1 Å². The lowest BCUT2D eigenvalue weighted by Crippen LogP contribution is -2.41. The molecule has 0 atom stereocenters. The molecule has 6 nitrogen and oxygen atoms in total. The molecule has 0 aromatic carbocycles. The Balaban J connectivity index is 2.31. The highest BCUT2D eigenvalue weighted by Crippen LogP contribution is 2.25. The van der Waals surface area contributed by atoms with E-state index in [1.54, 1.807) is 0 Å². The first-order valence-corrected chi connectivity index (χ1v) is 7.41. The summed E-state index contributed by atoms with van der Waals surface area (Å²) < 4.78 is 0. The number of carboxylic acids is 1. The second-order valence-electron chi connectivity index (χ2n) is 5.56. The van der Waals surface area contributed by atoms with Gasteiger partial charge >= 0.3 is 12.0 Å². The molecule has 3 amide bonds. The number of urea groups is 1. The first-order valence-electron chi connectivity index (χ1n) is 7.41. The van der Waals surface area contributed by atoms with E-state index >= 15 is 0 Å². The summed E-state index contributed by atoms with van der Waals surface area (Å²) in [7, 11) is 0. The van der Waals surface area contributed by atoms with Gasteiger partial charge in [0.15, 0.2) is 0 Å². The van der Waals surface area contributed by atoms with Crippen molar-refractivity contribution in [3.63, 3.8) is 0 Å². The fourth-order valence-electron chi connectivity index (χ4n) is 2.44. The summed E-state index contributed by atoms with van der Waals surface area (Å²) in [5.74, 6) is -1.18. The van der Waals surface area contributed by atoms with E-state index in [9.17, 15) is 14.4 Å². The Bertz CT molecular complexity index is 437. The molecule has 1 aliphatic carbocycles. The Morgan fingerprint density at radius 3 is 2.24 bits per heavy atom. The number of carbonyl (C=O) groups is 3. The lowest BCUT2D eigenvalue weighted by Gasteiger charge is -2.21. The largest absolute Gasteiger partial charge is 0.478 e. The molecule has 0 bridgehead atoms. The van der Waals surface area contributed by atoms with Crippen LogP contribution in [0.15, 0.2) is 11.1 Å². The Hall–Kier alpha value is -1.85. The van der Waals surface area contributed by atoms with Gasteiger partial charge < -0.3 is 10.4 Å². The Morgan fingerprint density at radius 2 is 1.67 bits per heavy atom. The summed E-state index contributed by atoms with van der Waals surface area (Å²) in [5, 5.41) is 13.6. The van der Waals surface area contributed by atoms with Crippen LogP contribution in [0.3, 0.4) is 0 Å². The molecule has 0 heterocycles. The van der Waals surface area contributed by atoms with Gasteiger partial charge in [0, 0.05) is 17.7 Å². The van der Waals surface area contributed by atoms with Crippen molar-refractivity contribution in [3.05, 3.63) is 11.1 Å². The molecule has 0 aromatic heterocycles. The number of nitrogens with one attached hydrogen (secondary N) is 2. The number of imide groups is 1. The number of hydrogen-bond donors (Lipinski definition) is 3. The Morgan fingerprint density at radius 1 is 1.05 bits per heavy atom. The van der Waals surface area contributed by atoms with Crippen molar-refractivity contribution < 1.29 is 19.5 Å². The molecule has 1 saturated carbocycles. The molecule has 0 aromatic rings. The predicted molar refractivity (Wildman–Crippen MR) is 78.7 cm³/mol. The van der Waals surface area contributed by atoms with Crippen LogP contribution in [0.2, 0.25) is 0 Å². The van der Waals surface area contributed by atoms with E-state index in [1.165, 1.54) is 46.0 Å². The summed E-state index contributed by atoms with van der Waals surface area (Å²) in [5.41, 5.74) is -0.0348. The van der Waals surface area contributed by atoms with Gasteiger partial charge in [0.1, 0.15) is 0 Å². The molecule has 118 valence electrons. The van der Waals surface area contributed by atoms with Crippen LogP contribution >= 0.6 is 0 Å².